The van der Waals surface area contributed by atoms with E-state index < -0.39 is 6.10 Å². The number of hydrogen-bond acceptors (Lipinski definition) is 3. The summed E-state index contributed by atoms with van der Waals surface area (Å²) >= 11 is 0. The molecular weight excluding hydrogens is 120 g/mol. The normalized spacial score (nSPS) is 13.1. The molecule has 4 heteroatoms. The fourth-order valence-electron chi connectivity index (χ4n) is 0.436. The van der Waals surface area contributed by atoms with E-state index in [1.165, 1.54) is 14.2 Å². The summed E-state index contributed by atoms with van der Waals surface area (Å²) in [6.07, 6.45) is -0.394. The molecule has 0 aliphatic rings. The van der Waals surface area contributed by atoms with E-state index in [1.54, 1.807) is 0 Å². The Morgan fingerprint density at radius 2 is 2.22 bits per heavy atom. The average molecular weight is 132 g/mol. The molecule has 0 radical (unpaired) electrons. The van der Waals surface area contributed by atoms with Gasteiger partial charge in [0.2, 0.25) is 0 Å². The van der Waals surface area contributed by atoms with Crippen molar-refractivity contribution in [1.29, 1.82) is 5.41 Å². The zero-order valence-electron chi connectivity index (χ0n) is 5.68. The Morgan fingerprint density at radius 1 is 1.67 bits per heavy atom. The van der Waals surface area contributed by atoms with Crippen LogP contribution in [-0.2, 0) is 9.47 Å². The lowest BCUT2D eigenvalue weighted by atomic mass is 10.3. The van der Waals surface area contributed by atoms with Gasteiger partial charge in [-0.3, -0.25) is 5.41 Å². The highest BCUT2D eigenvalue weighted by Crippen LogP contribution is 1.87. The minimum atomic E-state index is -0.394. The van der Waals surface area contributed by atoms with Crippen molar-refractivity contribution in [1.82, 2.24) is 0 Å². The summed E-state index contributed by atoms with van der Waals surface area (Å²) in [6.45, 7) is 0.339. The van der Waals surface area contributed by atoms with Crippen molar-refractivity contribution in [2.45, 2.75) is 6.10 Å². The number of nitrogens with one attached hydrogen (secondary N) is 1. The molecule has 0 aromatic carbocycles. The molecule has 54 valence electrons. The third kappa shape index (κ3) is 3.05. The van der Waals surface area contributed by atoms with E-state index >= 15 is 0 Å². The molecule has 0 aromatic rings. The second-order valence-corrected chi connectivity index (χ2v) is 1.64. The molecule has 0 bridgehead atoms. The first kappa shape index (κ1) is 8.39. The smallest absolute Gasteiger partial charge is 0.137 e. The molecule has 9 heavy (non-hydrogen) atoms. The topological polar surface area (TPSA) is 68.3 Å². The highest BCUT2D eigenvalue weighted by Gasteiger charge is 2.08. The zero-order valence-corrected chi connectivity index (χ0v) is 5.68. The highest BCUT2D eigenvalue weighted by atomic mass is 16.5. The number of amidine groups is 1. The minimum absolute atomic E-state index is 0.000602. The van der Waals surface area contributed by atoms with Crippen molar-refractivity contribution in [3.63, 3.8) is 0 Å². The molecule has 3 N–H and O–H groups in total. The molecule has 0 aliphatic heterocycles. The monoisotopic (exact) mass is 132 g/mol. The first-order valence-corrected chi connectivity index (χ1v) is 2.58. The first-order chi connectivity index (χ1) is 4.22. The Morgan fingerprint density at radius 3 is 2.33 bits per heavy atom. The largest absolute Gasteiger partial charge is 0.385 e. The Hall–Kier alpha value is -0.610. The van der Waals surface area contributed by atoms with E-state index in [2.05, 4.69) is 0 Å². The predicted octanol–water partition coefficient (Wildman–Crippen LogP) is -0.416. The van der Waals surface area contributed by atoms with E-state index in [1.807, 2.05) is 0 Å². The molecule has 4 nitrogen and oxygen atoms in total. The maximum absolute atomic E-state index is 6.93. The summed E-state index contributed by atoms with van der Waals surface area (Å²) in [6, 6.07) is 0. The maximum atomic E-state index is 6.93. The summed E-state index contributed by atoms with van der Waals surface area (Å²) in [4.78, 5) is 0. The molecular formula is C5H12N2O2. The zero-order chi connectivity index (χ0) is 7.28. The predicted molar refractivity (Wildman–Crippen MR) is 34.6 cm³/mol. The van der Waals surface area contributed by atoms with Crippen LogP contribution >= 0.6 is 0 Å². The van der Waals surface area contributed by atoms with Crippen molar-refractivity contribution in [3.8, 4) is 0 Å². The quantitative estimate of drug-likeness (QED) is 0.403. The SMILES string of the molecule is COCC(OC)C(=N)N. The standard InChI is InChI=1S/C5H12N2O2/c1-8-3-4(9-2)5(6)7/h4H,3H2,1-2H3,(H3,6,7). The Kier molecular flexibility index (Phi) is 4.00. The van der Waals surface area contributed by atoms with E-state index in [0.717, 1.165) is 0 Å². The molecule has 0 fully saturated rings. The van der Waals surface area contributed by atoms with Crippen molar-refractivity contribution in [2.75, 3.05) is 20.8 Å². The minimum Gasteiger partial charge on any atom is -0.385 e. The van der Waals surface area contributed by atoms with Crippen LogP contribution in [0.25, 0.3) is 0 Å². The summed E-state index contributed by atoms with van der Waals surface area (Å²) in [5.41, 5.74) is 5.11. The first-order valence-electron chi connectivity index (χ1n) is 2.58. The van der Waals surface area contributed by atoms with Gasteiger partial charge in [-0.25, -0.2) is 0 Å². The highest BCUT2D eigenvalue weighted by molar-refractivity contribution is 5.81. The van der Waals surface area contributed by atoms with Crippen LogP contribution in [0.15, 0.2) is 0 Å². The summed E-state index contributed by atoms with van der Waals surface area (Å²) in [5.74, 6) is -0.000602. The number of methoxy groups -OCH3 is 2. The lowest BCUT2D eigenvalue weighted by Gasteiger charge is -2.10. The van der Waals surface area contributed by atoms with Crippen LogP contribution in [0, 0.1) is 5.41 Å². The second-order valence-electron chi connectivity index (χ2n) is 1.64. The van der Waals surface area contributed by atoms with Gasteiger partial charge in [0.25, 0.3) is 0 Å². The van der Waals surface area contributed by atoms with Gasteiger partial charge in [0, 0.05) is 14.2 Å². The van der Waals surface area contributed by atoms with E-state index in [-0.39, 0.29) is 5.84 Å². The van der Waals surface area contributed by atoms with Crippen LogP contribution in [0.3, 0.4) is 0 Å². The molecule has 0 aliphatic carbocycles. The fraction of sp³-hybridized carbons (Fsp3) is 0.800. The summed E-state index contributed by atoms with van der Waals surface area (Å²) < 4.78 is 9.49. The Bertz CT molecular complexity index is 95.0. The van der Waals surface area contributed by atoms with Crippen molar-refractivity contribution in [2.24, 2.45) is 5.73 Å². The van der Waals surface area contributed by atoms with Gasteiger partial charge < -0.3 is 15.2 Å². The van der Waals surface area contributed by atoms with Gasteiger partial charge in [-0.2, -0.15) is 0 Å². The molecule has 1 unspecified atom stereocenters. The summed E-state index contributed by atoms with van der Waals surface area (Å²) in [7, 11) is 3.03. The van der Waals surface area contributed by atoms with Crippen LogP contribution < -0.4 is 5.73 Å². The molecule has 0 saturated heterocycles. The Balaban J connectivity index is 3.54. The van der Waals surface area contributed by atoms with Gasteiger partial charge in [-0.1, -0.05) is 0 Å². The molecule has 0 aromatic heterocycles. The van der Waals surface area contributed by atoms with Crippen LogP contribution in [0.5, 0.6) is 0 Å². The fourth-order valence-corrected chi connectivity index (χ4v) is 0.436. The molecule has 0 saturated carbocycles. The van der Waals surface area contributed by atoms with Gasteiger partial charge in [0.15, 0.2) is 0 Å². The molecule has 0 spiro atoms. The number of nitrogens with two attached hydrogens (primary N) is 1. The van der Waals surface area contributed by atoms with Gasteiger partial charge in [0.05, 0.1) is 6.61 Å². The van der Waals surface area contributed by atoms with E-state index in [0.29, 0.717) is 6.61 Å². The van der Waals surface area contributed by atoms with E-state index in [4.69, 9.17) is 20.6 Å². The number of ether oxygens (including phenoxy) is 2. The lowest BCUT2D eigenvalue weighted by Crippen LogP contribution is -2.33. The van der Waals surface area contributed by atoms with Gasteiger partial charge >= 0.3 is 0 Å². The van der Waals surface area contributed by atoms with Crippen LogP contribution in [0.2, 0.25) is 0 Å². The molecule has 0 rings (SSSR count). The molecule has 0 heterocycles. The van der Waals surface area contributed by atoms with E-state index in [9.17, 15) is 0 Å². The molecule has 1 atom stereocenters. The average Bonchev–Trinajstić information content (AvgIpc) is 1.82. The third-order valence-electron chi connectivity index (χ3n) is 0.949. The molecule has 0 amide bonds. The number of rotatable bonds is 4. The Labute approximate surface area is 54.5 Å². The number of hydrogen-bond donors (Lipinski definition) is 2. The third-order valence-corrected chi connectivity index (χ3v) is 0.949. The van der Waals surface area contributed by atoms with Gasteiger partial charge in [-0.05, 0) is 0 Å². The van der Waals surface area contributed by atoms with Gasteiger partial charge in [-0.15, -0.1) is 0 Å². The summed E-state index contributed by atoms with van der Waals surface area (Å²) in [5, 5.41) is 6.93. The lowest BCUT2D eigenvalue weighted by molar-refractivity contribution is 0.0672. The van der Waals surface area contributed by atoms with Gasteiger partial charge in [0.1, 0.15) is 11.9 Å². The van der Waals surface area contributed by atoms with Crippen LogP contribution in [0.1, 0.15) is 0 Å². The van der Waals surface area contributed by atoms with Crippen molar-refractivity contribution in [3.05, 3.63) is 0 Å². The van der Waals surface area contributed by atoms with Crippen LogP contribution in [-0.4, -0.2) is 32.8 Å². The van der Waals surface area contributed by atoms with Crippen LogP contribution in [0.4, 0.5) is 0 Å². The van der Waals surface area contributed by atoms with Crippen molar-refractivity contribution < 1.29 is 9.47 Å². The van der Waals surface area contributed by atoms with Crippen molar-refractivity contribution >= 4 is 5.84 Å². The maximum Gasteiger partial charge on any atom is 0.137 e. The second kappa shape index (κ2) is 4.29.